The third-order valence-corrected chi connectivity index (χ3v) is 7.36. The van der Waals surface area contributed by atoms with E-state index in [0.29, 0.717) is 41.9 Å². The lowest BCUT2D eigenvalue weighted by atomic mass is 10.0. The number of hydrogen-bond donors (Lipinski definition) is 1. The number of piperazine rings is 1. The number of hydrogen-bond acceptors (Lipinski definition) is 6. The first-order valence-corrected chi connectivity index (χ1v) is 13.5. The molecule has 1 N–H and O–H groups in total. The summed E-state index contributed by atoms with van der Waals surface area (Å²) in [5, 5.41) is 12.6. The van der Waals surface area contributed by atoms with Crippen molar-refractivity contribution in [2.24, 2.45) is 5.92 Å². The zero-order valence-corrected chi connectivity index (χ0v) is 21.9. The summed E-state index contributed by atoms with van der Waals surface area (Å²) in [7, 11) is 0. The maximum absolute atomic E-state index is 12.9. The topological polar surface area (TPSA) is 83.4 Å². The molecule has 2 aromatic carbocycles. The molecule has 36 heavy (non-hydrogen) atoms. The lowest BCUT2D eigenvalue weighted by Gasteiger charge is -2.36. The summed E-state index contributed by atoms with van der Waals surface area (Å²) < 4.78 is 2.00. The number of carbonyl (C=O) groups is 2. The highest BCUT2D eigenvalue weighted by molar-refractivity contribution is 7.99. The minimum atomic E-state index is -0.290. The zero-order valence-electron chi connectivity index (χ0n) is 21.1. The Kier molecular flexibility index (Phi) is 8.64. The van der Waals surface area contributed by atoms with Gasteiger partial charge in [0.05, 0.1) is 11.8 Å². The first-order valence-electron chi connectivity index (χ1n) is 12.5. The smallest absolute Gasteiger partial charge is 0.251 e. The molecule has 1 aromatic heterocycles. The molecule has 1 fully saturated rings. The summed E-state index contributed by atoms with van der Waals surface area (Å²) in [4.78, 5) is 30.0. The van der Waals surface area contributed by atoms with Crippen LogP contribution in [-0.2, 0) is 11.3 Å². The number of thioether (sulfide) groups is 1. The van der Waals surface area contributed by atoms with Crippen molar-refractivity contribution in [1.82, 2.24) is 25.0 Å². The number of rotatable bonds is 9. The summed E-state index contributed by atoms with van der Waals surface area (Å²) >= 11 is 1.41. The Morgan fingerprint density at radius 3 is 2.19 bits per heavy atom. The number of benzene rings is 2. The highest BCUT2D eigenvalue weighted by Gasteiger charge is 2.27. The molecular weight excluding hydrogens is 472 g/mol. The Labute approximate surface area is 217 Å². The van der Waals surface area contributed by atoms with Crippen LogP contribution in [0.4, 0.5) is 5.69 Å². The molecule has 9 heteroatoms. The maximum atomic E-state index is 12.9. The monoisotopic (exact) mass is 506 g/mol. The van der Waals surface area contributed by atoms with Crippen molar-refractivity contribution >= 4 is 29.3 Å². The molecule has 0 spiro atoms. The molecule has 190 valence electrons. The van der Waals surface area contributed by atoms with Crippen molar-refractivity contribution in [2.45, 2.75) is 38.5 Å². The standard InChI is InChI=1S/C27H34N6O2S/c1-4-33-25(24(20(2)3)28-26(35)21-11-7-5-8-12-21)29-30-27(33)36-19-23(34)32-17-15-31(16-18-32)22-13-9-6-10-14-22/h5-14,20,24H,4,15-19H2,1-3H3,(H,28,35)/t24-/m0/s1. The lowest BCUT2D eigenvalue weighted by Crippen LogP contribution is -2.49. The highest BCUT2D eigenvalue weighted by atomic mass is 32.2. The Morgan fingerprint density at radius 2 is 1.58 bits per heavy atom. The van der Waals surface area contributed by atoms with Gasteiger partial charge in [-0.2, -0.15) is 0 Å². The lowest BCUT2D eigenvalue weighted by molar-refractivity contribution is -0.128. The first-order chi connectivity index (χ1) is 17.5. The van der Waals surface area contributed by atoms with E-state index < -0.39 is 0 Å². The fourth-order valence-corrected chi connectivity index (χ4v) is 5.26. The van der Waals surface area contributed by atoms with Gasteiger partial charge in [-0.25, -0.2) is 0 Å². The summed E-state index contributed by atoms with van der Waals surface area (Å²) in [6.07, 6.45) is 0. The van der Waals surface area contributed by atoms with Crippen molar-refractivity contribution < 1.29 is 9.59 Å². The van der Waals surface area contributed by atoms with Crippen LogP contribution in [0.15, 0.2) is 65.8 Å². The van der Waals surface area contributed by atoms with E-state index >= 15 is 0 Å². The molecule has 2 amide bonds. The SMILES string of the molecule is CCn1c(SCC(=O)N2CCN(c3ccccc3)CC2)nnc1[C@@H](NC(=O)c1ccccc1)C(C)C. The van der Waals surface area contributed by atoms with Crippen LogP contribution >= 0.6 is 11.8 Å². The van der Waals surface area contributed by atoms with Crippen molar-refractivity contribution in [1.29, 1.82) is 0 Å². The van der Waals surface area contributed by atoms with E-state index in [4.69, 9.17) is 0 Å². The molecule has 1 aliphatic rings. The number of carbonyl (C=O) groups excluding carboxylic acids is 2. The summed E-state index contributed by atoms with van der Waals surface area (Å²) in [5.74, 6) is 1.11. The van der Waals surface area contributed by atoms with Crippen molar-refractivity contribution in [2.75, 3.05) is 36.8 Å². The van der Waals surface area contributed by atoms with E-state index in [1.54, 1.807) is 12.1 Å². The zero-order chi connectivity index (χ0) is 25.5. The van der Waals surface area contributed by atoms with Gasteiger partial charge in [0, 0.05) is 44.0 Å². The van der Waals surface area contributed by atoms with E-state index in [1.807, 2.05) is 52.8 Å². The molecule has 0 radical (unpaired) electrons. The number of anilines is 1. The Balaban J connectivity index is 1.37. The van der Waals surface area contributed by atoms with Crippen LogP contribution in [0.3, 0.4) is 0 Å². The van der Waals surface area contributed by atoms with Gasteiger partial charge in [-0.15, -0.1) is 10.2 Å². The molecule has 0 saturated carbocycles. The molecule has 0 bridgehead atoms. The second-order valence-electron chi connectivity index (χ2n) is 9.14. The maximum Gasteiger partial charge on any atom is 0.251 e. The molecule has 2 heterocycles. The van der Waals surface area contributed by atoms with Gasteiger partial charge < -0.3 is 19.7 Å². The van der Waals surface area contributed by atoms with Crippen LogP contribution in [0.1, 0.15) is 43.0 Å². The van der Waals surface area contributed by atoms with Crippen molar-refractivity contribution in [3.05, 3.63) is 72.1 Å². The van der Waals surface area contributed by atoms with Gasteiger partial charge in [-0.1, -0.05) is 62.0 Å². The molecule has 0 aliphatic carbocycles. The average molecular weight is 507 g/mol. The fourth-order valence-electron chi connectivity index (χ4n) is 4.35. The van der Waals surface area contributed by atoms with E-state index in [-0.39, 0.29) is 23.8 Å². The van der Waals surface area contributed by atoms with Gasteiger partial charge in [0.2, 0.25) is 5.91 Å². The van der Waals surface area contributed by atoms with Crippen LogP contribution in [-0.4, -0.2) is 63.4 Å². The van der Waals surface area contributed by atoms with Gasteiger partial charge in [0.25, 0.3) is 5.91 Å². The van der Waals surface area contributed by atoms with Crippen LogP contribution in [0.2, 0.25) is 0 Å². The molecule has 1 aliphatic heterocycles. The van der Waals surface area contributed by atoms with Gasteiger partial charge in [0.1, 0.15) is 0 Å². The minimum absolute atomic E-state index is 0.109. The average Bonchev–Trinajstić information content (AvgIpc) is 3.33. The van der Waals surface area contributed by atoms with Crippen LogP contribution in [0, 0.1) is 5.92 Å². The third kappa shape index (κ3) is 6.07. The first kappa shape index (κ1) is 25.8. The second kappa shape index (κ2) is 12.1. The molecule has 4 rings (SSSR count). The molecule has 8 nitrogen and oxygen atoms in total. The Morgan fingerprint density at radius 1 is 0.944 bits per heavy atom. The van der Waals surface area contributed by atoms with Crippen LogP contribution in [0.5, 0.6) is 0 Å². The van der Waals surface area contributed by atoms with Crippen molar-refractivity contribution in [3.63, 3.8) is 0 Å². The predicted molar refractivity (Wildman–Crippen MR) is 143 cm³/mol. The molecule has 0 unspecified atom stereocenters. The normalized spacial score (nSPS) is 14.7. The molecule has 3 aromatic rings. The van der Waals surface area contributed by atoms with Gasteiger partial charge >= 0.3 is 0 Å². The Bertz CT molecular complexity index is 1140. The molecular formula is C27H34N6O2S. The number of para-hydroxylation sites is 1. The third-order valence-electron chi connectivity index (χ3n) is 6.41. The number of nitrogens with one attached hydrogen (secondary N) is 1. The van der Waals surface area contributed by atoms with Crippen molar-refractivity contribution in [3.8, 4) is 0 Å². The highest BCUT2D eigenvalue weighted by Crippen LogP contribution is 2.26. The number of amides is 2. The summed E-state index contributed by atoms with van der Waals surface area (Å²) in [6.45, 7) is 9.85. The van der Waals surface area contributed by atoms with Crippen LogP contribution in [0.25, 0.3) is 0 Å². The number of nitrogens with zero attached hydrogens (tertiary/aromatic N) is 5. The summed E-state index contributed by atoms with van der Waals surface area (Å²) in [5.41, 5.74) is 1.81. The predicted octanol–water partition coefficient (Wildman–Crippen LogP) is 3.87. The quantitative estimate of drug-likeness (QED) is 0.444. The van der Waals surface area contributed by atoms with Crippen LogP contribution < -0.4 is 10.2 Å². The minimum Gasteiger partial charge on any atom is -0.368 e. The Hall–Kier alpha value is -3.33. The van der Waals surface area contributed by atoms with Gasteiger partial charge in [0.15, 0.2) is 11.0 Å². The molecule has 1 atom stereocenters. The second-order valence-corrected chi connectivity index (χ2v) is 10.1. The van der Waals surface area contributed by atoms with E-state index in [1.165, 1.54) is 17.4 Å². The fraction of sp³-hybridized carbons (Fsp3) is 0.407. The van der Waals surface area contributed by atoms with Gasteiger partial charge in [-0.3, -0.25) is 9.59 Å². The van der Waals surface area contributed by atoms with E-state index in [2.05, 4.69) is 46.4 Å². The van der Waals surface area contributed by atoms with Gasteiger partial charge in [-0.05, 0) is 37.1 Å². The number of aromatic nitrogens is 3. The molecule has 1 saturated heterocycles. The van der Waals surface area contributed by atoms with E-state index in [9.17, 15) is 9.59 Å². The van der Waals surface area contributed by atoms with E-state index in [0.717, 1.165) is 13.1 Å². The largest absolute Gasteiger partial charge is 0.368 e. The summed E-state index contributed by atoms with van der Waals surface area (Å²) in [6, 6.07) is 19.2.